The first-order valence-electron chi connectivity index (χ1n) is 3.01. The van der Waals surface area contributed by atoms with Crippen LogP contribution in [0.4, 0.5) is 0 Å². The molecule has 1 unspecified atom stereocenters. The van der Waals surface area contributed by atoms with Crippen molar-refractivity contribution in [1.82, 2.24) is 0 Å². The minimum atomic E-state index is 0.231. The second-order valence-electron chi connectivity index (χ2n) is 2.62. The zero-order valence-corrected chi connectivity index (χ0v) is 8.14. The maximum atomic E-state index is 5.99. The topological polar surface area (TPSA) is 0 Å². The molecule has 0 bridgehead atoms. The van der Waals surface area contributed by atoms with Crippen LogP contribution in [0.1, 0.15) is 12.8 Å². The molecule has 1 atom stereocenters. The fraction of sp³-hybridized carbons (Fsp3) is 1.00. The third kappa shape index (κ3) is 1.55. The van der Waals surface area contributed by atoms with Crippen molar-refractivity contribution in [2.24, 2.45) is 5.41 Å². The van der Waals surface area contributed by atoms with Gasteiger partial charge in [0.15, 0.2) is 0 Å². The molecule has 0 aliphatic heterocycles. The van der Waals surface area contributed by atoms with E-state index in [1.807, 2.05) is 0 Å². The van der Waals surface area contributed by atoms with Crippen LogP contribution in [0.15, 0.2) is 0 Å². The Morgan fingerprint density at radius 1 is 1.56 bits per heavy atom. The van der Waals surface area contributed by atoms with Gasteiger partial charge in [-0.05, 0) is 12.8 Å². The third-order valence-electron chi connectivity index (χ3n) is 1.96. The molecule has 1 aliphatic carbocycles. The fourth-order valence-corrected chi connectivity index (χ4v) is 2.37. The van der Waals surface area contributed by atoms with Crippen LogP contribution in [0.3, 0.4) is 0 Å². The Bertz CT molecular complexity index is 101. The minimum Gasteiger partial charge on any atom is -0.126 e. The van der Waals surface area contributed by atoms with Crippen LogP contribution < -0.4 is 0 Å². The summed E-state index contributed by atoms with van der Waals surface area (Å²) in [5.74, 6) is 0.715. The van der Waals surface area contributed by atoms with E-state index in [9.17, 15) is 0 Å². The summed E-state index contributed by atoms with van der Waals surface area (Å²) in [4.78, 5) is 0. The maximum absolute atomic E-state index is 5.99. The highest BCUT2D eigenvalue weighted by atomic mass is 79.9. The zero-order chi connectivity index (χ0) is 6.91. The van der Waals surface area contributed by atoms with Gasteiger partial charge in [0.05, 0.1) is 5.38 Å². The molecule has 0 nitrogen and oxygen atoms in total. The van der Waals surface area contributed by atoms with E-state index in [1.165, 1.54) is 12.8 Å². The van der Waals surface area contributed by atoms with Crippen molar-refractivity contribution in [3.05, 3.63) is 0 Å². The van der Waals surface area contributed by atoms with Crippen LogP contribution in [0, 0.1) is 5.41 Å². The van der Waals surface area contributed by atoms with Gasteiger partial charge in [0.2, 0.25) is 0 Å². The van der Waals surface area contributed by atoms with Gasteiger partial charge >= 0.3 is 0 Å². The van der Waals surface area contributed by atoms with Gasteiger partial charge < -0.3 is 0 Å². The van der Waals surface area contributed by atoms with Crippen LogP contribution in [-0.4, -0.2) is 16.6 Å². The highest BCUT2D eigenvalue weighted by Crippen LogP contribution is 2.52. The Hall–Kier alpha value is 1.06. The Morgan fingerprint density at radius 3 is 2.22 bits per heavy atom. The number of hydrogen-bond donors (Lipinski definition) is 0. The summed E-state index contributed by atoms with van der Waals surface area (Å²) in [5.41, 5.74) is 0.284. The molecule has 0 N–H and O–H groups in total. The quantitative estimate of drug-likeness (QED) is 0.656. The second kappa shape index (κ2) is 2.98. The molecule has 1 rings (SSSR count). The SMILES string of the molecule is ClCC1(C(Cl)CBr)CC1. The lowest BCUT2D eigenvalue weighted by Gasteiger charge is -2.14. The van der Waals surface area contributed by atoms with E-state index in [4.69, 9.17) is 23.2 Å². The molecule has 0 aromatic rings. The summed E-state index contributed by atoms with van der Waals surface area (Å²) >= 11 is 15.1. The lowest BCUT2D eigenvalue weighted by Crippen LogP contribution is -2.18. The smallest absolute Gasteiger partial charge is 0.0500 e. The number of halogens is 3. The predicted molar refractivity (Wildman–Crippen MR) is 45.8 cm³/mol. The van der Waals surface area contributed by atoms with E-state index in [1.54, 1.807) is 0 Å². The summed E-state index contributed by atoms with van der Waals surface area (Å²) in [7, 11) is 0. The average Bonchev–Trinajstić information content (AvgIpc) is 2.66. The van der Waals surface area contributed by atoms with Crippen molar-refractivity contribution in [2.45, 2.75) is 18.2 Å². The number of rotatable bonds is 3. The normalized spacial score (nSPS) is 25.7. The highest BCUT2D eigenvalue weighted by Gasteiger charge is 2.47. The van der Waals surface area contributed by atoms with Crippen LogP contribution in [0.25, 0.3) is 0 Å². The second-order valence-corrected chi connectivity index (χ2v) is 4.06. The van der Waals surface area contributed by atoms with E-state index in [0.29, 0.717) is 5.88 Å². The molecule has 0 heterocycles. The van der Waals surface area contributed by atoms with Gasteiger partial charge in [-0.1, -0.05) is 15.9 Å². The molecular weight excluding hydrogens is 223 g/mol. The van der Waals surface area contributed by atoms with Gasteiger partial charge in [0.25, 0.3) is 0 Å². The van der Waals surface area contributed by atoms with Crippen molar-refractivity contribution in [3.8, 4) is 0 Å². The summed E-state index contributed by atoms with van der Waals surface area (Å²) in [5, 5.41) is 1.09. The van der Waals surface area contributed by atoms with Gasteiger partial charge in [-0.25, -0.2) is 0 Å². The zero-order valence-electron chi connectivity index (χ0n) is 5.04. The van der Waals surface area contributed by atoms with Gasteiger partial charge in [-0.15, -0.1) is 23.2 Å². The van der Waals surface area contributed by atoms with Crippen LogP contribution in [-0.2, 0) is 0 Å². The van der Waals surface area contributed by atoms with Gasteiger partial charge in [-0.2, -0.15) is 0 Å². The Kier molecular flexibility index (Phi) is 2.70. The first-order valence-corrected chi connectivity index (χ1v) is 5.10. The van der Waals surface area contributed by atoms with Crippen LogP contribution >= 0.6 is 39.1 Å². The third-order valence-corrected chi connectivity index (χ3v) is 4.13. The maximum Gasteiger partial charge on any atom is 0.0500 e. The fourth-order valence-electron chi connectivity index (χ4n) is 0.855. The van der Waals surface area contributed by atoms with E-state index >= 15 is 0 Å². The molecule has 0 saturated heterocycles. The molecule has 54 valence electrons. The predicted octanol–water partition coefficient (Wildman–Crippen LogP) is 3.01. The molecule has 9 heavy (non-hydrogen) atoms. The monoisotopic (exact) mass is 230 g/mol. The first kappa shape index (κ1) is 8.16. The molecule has 1 fully saturated rings. The lowest BCUT2D eigenvalue weighted by molar-refractivity contribution is 0.575. The molecular formula is C6H9BrCl2. The molecule has 3 heteroatoms. The van der Waals surface area contributed by atoms with Crippen molar-refractivity contribution < 1.29 is 0 Å². The van der Waals surface area contributed by atoms with Crippen molar-refractivity contribution in [1.29, 1.82) is 0 Å². The van der Waals surface area contributed by atoms with E-state index < -0.39 is 0 Å². The van der Waals surface area contributed by atoms with Crippen molar-refractivity contribution in [2.75, 3.05) is 11.2 Å². The minimum absolute atomic E-state index is 0.231. The Balaban J connectivity index is 2.39. The van der Waals surface area contributed by atoms with Gasteiger partial charge in [0, 0.05) is 16.6 Å². The Labute approximate surface area is 74.0 Å². The largest absolute Gasteiger partial charge is 0.126 e. The standard InChI is InChI=1S/C6H9BrCl2/c7-3-5(9)6(4-8)1-2-6/h5H,1-4H2. The van der Waals surface area contributed by atoms with E-state index in [0.717, 1.165) is 5.33 Å². The molecule has 0 aromatic carbocycles. The molecule has 1 saturated carbocycles. The summed E-state index contributed by atoms with van der Waals surface area (Å²) < 4.78 is 0. The summed E-state index contributed by atoms with van der Waals surface area (Å²) in [6, 6.07) is 0. The summed E-state index contributed by atoms with van der Waals surface area (Å²) in [6.07, 6.45) is 2.41. The summed E-state index contributed by atoms with van der Waals surface area (Å²) in [6.45, 7) is 0. The first-order chi connectivity index (χ1) is 4.25. The lowest BCUT2D eigenvalue weighted by atomic mass is 10.1. The molecule has 0 spiro atoms. The highest BCUT2D eigenvalue weighted by molar-refractivity contribution is 9.09. The van der Waals surface area contributed by atoms with E-state index in [-0.39, 0.29) is 10.8 Å². The van der Waals surface area contributed by atoms with Gasteiger partial charge in [0.1, 0.15) is 0 Å². The van der Waals surface area contributed by atoms with Gasteiger partial charge in [-0.3, -0.25) is 0 Å². The molecule has 0 amide bonds. The van der Waals surface area contributed by atoms with Crippen LogP contribution in [0.5, 0.6) is 0 Å². The van der Waals surface area contributed by atoms with E-state index in [2.05, 4.69) is 15.9 Å². The molecule has 0 radical (unpaired) electrons. The van der Waals surface area contributed by atoms with Crippen molar-refractivity contribution in [3.63, 3.8) is 0 Å². The average molecular weight is 232 g/mol. The van der Waals surface area contributed by atoms with Crippen LogP contribution in [0.2, 0.25) is 0 Å². The molecule has 0 aromatic heterocycles. The number of hydrogen-bond acceptors (Lipinski definition) is 0. The Morgan fingerprint density at radius 2 is 2.11 bits per heavy atom. The number of alkyl halides is 3. The molecule has 1 aliphatic rings. The van der Waals surface area contributed by atoms with Crippen molar-refractivity contribution >= 4 is 39.1 Å².